The molecule has 0 heterocycles. The minimum absolute atomic E-state index is 0.0534. The molecule has 68 heavy (non-hydrogen) atoms. The van der Waals surface area contributed by atoms with Crippen LogP contribution in [0.5, 0.6) is 0 Å². The standard InChI is InChI=1S/C66H84N2/c1-13-20-55(34-25-47(6)65(7,8)9)67(56-35-26-48(27-36-56)45(2)3)63-59-41-30-53(51-23-18-15-19-24-51)44-62(59)64(60-42-31-52(43-61(60)63)50-21-16-14-17-22-50)68(57-37-28-49(29-38-57)46(4)5)58-39-32-54(33-40-58)66(10,11)12/h13,20,25-41,43-47,50-51,60H,1,14-19,21-24,42H2,2-12H3/b34-25-,55-20+. The zero-order chi connectivity index (χ0) is 48.3. The third-order valence-electron chi connectivity index (χ3n) is 16.2. The van der Waals surface area contributed by atoms with E-state index in [1.807, 2.05) is 6.08 Å². The molecule has 4 aromatic carbocycles. The summed E-state index contributed by atoms with van der Waals surface area (Å²) >= 11 is 0. The van der Waals surface area contributed by atoms with Gasteiger partial charge >= 0.3 is 0 Å². The van der Waals surface area contributed by atoms with Crippen LogP contribution < -0.4 is 20.2 Å². The van der Waals surface area contributed by atoms with E-state index in [1.54, 1.807) is 5.57 Å². The molecule has 2 unspecified atom stereocenters. The van der Waals surface area contributed by atoms with Gasteiger partial charge in [0, 0.05) is 44.8 Å². The predicted molar refractivity (Wildman–Crippen MR) is 296 cm³/mol. The normalized spacial score (nSPS) is 19.2. The largest absolute Gasteiger partial charge is 0.313 e. The number of fused-ring (bicyclic) bond motifs is 2. The van der Waals surface area contributed by atoms with Gasteiger partial charge in [-0.1, -0.05) is 194 Å². The average molecular weight is 905 g/mol. The third kappa shape index (κ3) is 10.7. The van der Waals surface area contributed by atoms with Gasteiger partial charge in [-0.25, -0.2) is 0 Å². The van der Waals surface area contributed by atoms with E-state index in [2.05, 4.69) is 214 Å². The van der Waals surface area contributed by atoms with Gasteiger partial charge in [-0.2, -0.15) is 0 Å². The quantitative estimate of drug-likeness (QED) is 0.123. The van der Waals surface area contributed by atoms with Gasteiger partial charge in [0.15, 0.2) is 0 Å². The van der Waals surface area contributed by atoms with Gasteiger partial charge in [0.25, 0.3) is 0 Å². The first-order valence-corrected chi connectivity index (χ1v) is 26.8. The molecular formula is C66H84N2. The second-order valence-corrected chi connectivity index (χ2v) is 23.6. The van der Waals surface area contributed by atoms with E-state index in [9.17, 15) is 0 Å². The van der Waals surface area contributed by atoms with E-state index in [0.717, 1.165) is 12.1 Å². The molecule has 358 valence electrons. The molecule has 4 aliphatic rings. The van der Waals surface area contributed by atoms with Crippen LogP contribution in [0.4, 0.5) is 17.1 Å². The highest BCUT2D eigenvalue weighted by Crippen LogP contribution is 2.48. The molecular weight excluding hydrogens is 821 g/mol. The lowest BCUT2D eigenvalue weighted by atomic mass is 9.73. The van der Waals surface area contributed by atoms with Crippen molar-refractivity contribution in [1.82, 2.24) is 0 Å². The Bertz CT molecular complexity index is 2640. The lowest BCUT2D eigenvalue weighted by molar-refractivity contribution is 0.314. The fourth-order valence-corrected chi connectivity index (χ4v) is 11.3. The van der Waals surface area contributed by atoms with Crippen molar-refractivity contribution in [3.05, 3.63) is 184 Å². The molecule has 2 atom stereocenters. The SMILES string of the molecule is C=C/C=C(\C=C/C(C)C(C)(C)C)N(C1=c2ccc(C3CCCCC3)cc2=C(N(c2ccc(C(C)C)cc2)c2ccc(C(C)(C)C)cc2)C2CC=C(C3CCCCC3)C=C12)c1ccc(C(C)C)cc1. The predicted octanol–water partition coefficient (Wildman–Crippen LogP) is 17.6. The molecule has 0 saturated heterocycles. The van der Waals surface area contributed by atoms with Crippen molar-refractivity contribution in [2.24, 2.45) is 23.2 Å². The van der Waals surface area contributed by atoms with Crippen LogP contribution >= 0.6 is 0 Å². The third-order valence-corrected chi connectivity index (χ3v) is 16.2. The summed E-state index contributed by atoms with van der Waals surface area (Å²) in [6.07, 6.45) is 28.4. The van der Waals surface area contributed by atoms with Gasteiger partial charge < -0.3 is 9.80 Å². The topological polar surface area (TPSA) is 6.48 Å². The molecule has 2 saturated carbocycles. The summed E-state index contributed by atoms with van der Waals surface area (Å²) in [5, 5.41) is 2.67. The minimum atomic E-state index is 0.0534. The van der Waals surface area contributed by atoms with E-state index >= 15 is 0 Å². The molecule has 2 heteroatoms. The summed E-state index contributed by atoms with van der Waals surface area (Å²) in [5.74, 6) is 2.54. The zero-order valence-corrected chi connectivity index (χ0v) is 44.0. The maximum Gasteiger partial charge on any atom is 0.0579 e. The van der Waals surface area contributed by atoms with E-state index in [4.69, 9.17) is 0 Å². The Kier molecular flexibility index (Phi) is 15.1. The van der Waals surface area contributed by atoms with Gasteiger partial charge in [0.05, 0.1) is 5.70 Å². The molecule has 0 amide bonds. The van der Waals surface area contributed by atoms with Gasteiger partial charge in [-0.05, 0) is 161 Å². The lowest BCUT2D eigenvalue weighted by Crippen LogP contribution is -2.46. The van der Waals surface area contributed by atoms with Crippen LogP contribution in [0.1, 0.15) is 187 Å². The van der Waals surface area contributed by atoms with Crippen LogP contribution in [-0.2, 0) is 5.41 Å². The van der Waals surface area contributed by atoms with Gasteiger partial charge in [-0.3, -0.25) is 0 Å². The van der Waals surface area contributed by atoms with Crippen LogP contribution in [-0.4, -0.2) is 0 Å². The monoisotopic (exact) mass is 905 g/mol. The molecule has 0 aliphatic heterocycles. The number of hydrogen-bond donors (Lipinski definition) is 0. The number of rotatable bonds is 13. The molecule has 0 aromatic heterocycles. The first-order chi connectivity index (χ1) is 32.5. The molecule has 0 spiro atoms. The first-order valence-electron chi connectivity index (χ1n) is 26.8. The van der Waals surface area contributed by atoms with Crippen molar-refractivity contribution in [3.63, 3.8) is 0 Å². The second kappa shape index (κ2) is 20.9. The highest BCUT2D eigenvalue weighted by atomic mass is 15.2. The highest BCUT2D eigenvalue weighted by Gasteiger charge is 2.38. The van der Waals surface area contributed by atoms with Crippen LogP contribution in [0.3, 0.4) is 0 Å². The Labute approximate surface area is 413 Å². The first kappa shape index (κ1) is 49.3. The molecule has 4 aromatic rings. The summed E-state index contributed by atoms with van der Waals surface area (Å²) in [7, 11) is 0. The Hall–Kier alpha value is -5.08. The highest BCUT2D eigenvalue weighted by molar-refractivity contribution is 5.93. The van der Waals surface area contributed by atoms with Gasteiger partial charge in [0.1, 0.15) is 0 Å². The van der Waals surface area contributed by atoms with E-state index in [-0.39, 0.29) is 16.7 Å². The number of hydrogen-bond acceptors (Lipinski definition) is 2. The molecule has 0 radical (unpaired) electrons. The fraction of sp³-hybridized carbons (Fsp3) is 0.455. The van der Waals surface area contributed by atoms with Gasteiger partial charge in [-0.15, -0.1) is 0 Å². The van der Waals surface area contributed by atoms with Crippen LogP contribution in [0, 0.1) is 23.2 Å². The maximum absolute atomic E-state index is 4.36. The van der Waals surface area contributed by atoms with E-state index in [1.165, 1.54) is 131 Å². The van der Waals surface area contributed by atoms with E-state index < -0.39 is 0 Å². The zero-order valence-electron chi connectivity index (χ0n) is 44.0. The van der Waals surface area contributed by atoms with Crippen molar-refractivity contribution in [2.75, 3.05) is 9.80 Å². The Morgan fingerprint density at radius 2 is 1.18 bits per heavy atom. The van der Waals surface area contributed by atoms with Gasteiger partial charge in [0.2, 0.25) is 0 Å². The van der Waals surface area contributed by atoms with Crippen molar-refractivity contribution < 1.29 is 0 Å². The summed E-state index contributed by atoms with van der Waals surface area (Å²) in [5.41, 5.74) is 16.2. The summed E-state index contributed by atoms with van der Waals surface area (Å²) in [6.45, 7) is 30.0. The van der Waals surface area contributed by atoms with Crippen molar-refractivity contribution >= 4 is 28.5 Å². The van der Waals surface area contributed by atoms with Crippen LogP contribution in [0.25, 0.3) is 11.4 Å². The molecule has 8 rings (SSSR count). The van der Waals surface area contributed by atoms with Crippen molar-refractivity contribution in [1.29, 1.82) is 0 Å². The second-order valence-electron chi connectivity index (χ2n) is 23.6. The lowest BCUT2D eigenvalue weighted by Gasteiger charge is -2.42. The Morgan fingerprint density at radius 1 is 0.632 bits per heavy atom. The molecule has 0 bridgehead atoms. The molecule has 0 N–H and O–H groups in total. The van der Waals surface area contributed by atoms with Crippen LogP contribution in [0.2, 0.25) is 0 Å². The smallest absolute Gasteiger partial charge is 0.0579 e. The number of benzene rings is 4. The Morgan fingerprint density at radius 3 is 1.71 bits per heavy atom. The fourth-order valence-electron chi connectivity index (χ4n) is 11.3. The summed E-state index contributed by atoms with van der Waals surface area (Å²) in [6, 6.07) is 36.3. The maximum atomic E-state index is 4.36. The number of allylic oxidation sites excluding steroid dienone is 7. The summed E-state index contributed by atoms with van der Waals surface area (Å²) in [4.78, 5) is 5.29. The Balaban J connectivity index is 1.52. The van der Waals surface area contributed by atoms with Crippen molar-refractivity contribution in [2.45, 2.75) is 170 Å². The minimum Gasteiger partial charge on any atom is -0.313 e. The molecule has 2 nitrogen and oxygen atoms in total. The number of anilines is 3. The molecule has 4 aliphatic carbocycles. The molecule has 2 fully saturated rings. The summed E-state index contributed by atoms with van der Waals surface area (Å²) < 4.78 is 0. The average Bonchev–Trinajstić information content (AvgIpc) is 3.33. The number of nitrogens with zero attached hydrogens (tertiary/aromatic N) is 2. The van der Waals surface area contributed by atoms with Crippen molar-refractivity contribution in [3.8, 4) is 0 Å². The van der Waals surface area contributed by atoms with Crippen LogP contribution in [0.15, 0.2) is 151 Å². The van der Waals surface area contributed by atoms with E-state index in [0.29, 0.717) is 29.6 Å².